The van der Waals surface area contributed by atoms with Gasteiger partial charge in [0.15, 0.2) is 0 Å². The summed E-state index contributed by atoms with van der Waals surface area (Å²) in [7, 11) is 0. The Labute approximate surface area is 118 Å². The fourth-order valence-electron chi connectivity index (χ4n) is 2.47. The van der Waals surface area contributed by atoms with Gasteiger partial charge in [-0.25, -0.2) is 4.98 Å². The van der Waals surface area contributed by atoms with Gasteiger partial charge in [-0.05, 0) is 38.5 Å². The highest BCUT2D eigenvalue weighted by atomic mass is 16.6. The molecule has 0 fully saturated rings. The van der Waals surface area contributed by atoms with E-state index < -0.39 is 4.92 Å². The highest BCUT2D eigenvalue weighted by Crippen LogP contribution is 2.31. The zero-order valence-corrected chi connectivity index (χ0v) is 12.0. The molecule has 0 saturated heterocycles. The summed E-state index contributed by atoms with van der Waals surface area (Å²) in [6.45, 7) is 6.39. The van der Waals surface area contributed by atoms with E-state index in [2.05, 4.69) is 31.1 Å². The van der Waals surface area contributed by atoms with Crippen molar-refractivity contribution in [3.8, 4) is 0 Å². The van der Waals surface area contributed by atoms with Crippen molar-refractivity contribution in [3.05, 3.63) is 40.6 Å². The van der Waals surface area contributed by atoms with E-state index in [4.69, 9.17) is 0 Å². The molecule has 2 rings (SSSR count). The van der Waals surface area contributed by atoms with Crippen LogP contribution in [0, 0.1) is 10.1 Å². The van der Waals surface area contributed by atoms with Crippen LogP contribution in [0.2, 0.25) is 0 Å². The molecule has 1 aromatic heterocycles. The number of rotatable bonds is 5. The SMILES string of the molecule is CCCC(C)(C)Nc1ccc([N+](=O)[O-])c2ncccc12. The topological polar surface area (TPSA) is 68.1 Å². The van der Waals surface area contributed by atoms with Crippen LogP contribution in [0.25, 0.3) is 10.9 Å². The molecule has 0 radical (unpaired) electrons. The number of nitro groups is 1. The summed E-state index contributed by atoms with van der Waals surface area (Å²) in [4.78, 5) is 14.8. The summed E-state index contributed by atoms with van der Waals surface area (Å²) < 4.78 is 0. The number of anilines is 1. The minimum atomic E-state index is -0.393. The molecular weight excluding hydrogens is 254 g/mol. The lowest BCUT2D eigenvalue weighted by atomic mass is 9.98. The van der Waals surface area contributed by atoms with Gasteiger partial charge in [0.2, 0.25) is 0 Å². The van der Waals surface area contributed by atoms with Gasteiger partial charge in [-0.3, -0.25) is 10.1 Å². The predicted octanol–water partition coefficient (Wildman–Crippen LogP) is 4.13. The Balaban J connectivity index is 2.51. The average Bonchev–Trinajstić information content (AvgIpc) is 2.38. The van der Waals surface area contributed by atoms with E-state index in [1.54, 1.807) is 18.3 Å². The fraction of sp³-hybridized carbons (Fsp3) is 0.400. The molecule has 5 heteroatoms. The van der Waals surface area contributed by atoms with Crippen LogP contribution in [0.1, 0.15) is 33.6 Å². The summed E-state index contributed by atoms with van der Waals surface area (Å²) in [5, 5.41) is 15.3. The van der Waals surface area contributed by atoms with Crippen molar-refractivity contribution >= 4 is 22.3 Å². The van der Waals surface area contributed by atoms with E-state index in [1.807, 2.05) is 6.07 Å². The van der Waals surface area contributed by atoms with E-state index in [0.29, 0.717) is 5.52 Å². The van der Waals surface area contributed by atoms with Gasteiger partial charge in [0.25, 0.3) is 5.69 Å². The highest BCUT2D eigenvalue weighted by Gasteiger charge is 2.20. The van der Waals surface area contributed by atoms with Crippen molar-refractivity contribution in [1.82, 2.24) is 4.98 Å². The summed E-state index contributed by atoms with van der Waals surface area (Å²) in [5.41, 5.74) is 1.29. The lowest BCUT2D eigenvalue weighted by Crippen LogP contribution is -2.30. The maximum atomic E-state index is 11.1. The number of aromatic nitrogens is 1. The van der Waals surface area contributed by atoms with Gasteiger partial charge in [-0.2, -0.15) is 0 Å². The number of nitrogens with one attached hydrogen (secondary N) is 1. The van der Waals surface area contributed by atoms with Crippen molar-refractivity contribution in [2.24, 2.45) is 0 Å². The Kier molecular flexibility index (Phi) is 3.88. The largest absolute Gasteiger partial charge is 0.380 e. The molecule has 0 amide bonds. The van der Waals surface area contributed by atoms with Crippen LogP contribution in [-0.4, -0.2) is 15.4 Å². The first-order chi connectivity index (χ1) is 9.44. The highest BCUT2D eigenvalue weighted by molar-refractivity contribution is 5.97. The smallest absolute Gasteiger partial charge is 0.295 e. The molecule has 20 heavy (non-hydrogen) atoms. The second-order valence-corrected chi connectivity index (χ2v) is 5.55. The van der Waals surface area contributed by atoms with Crippen LogP contribution in [0.3, 0.4) is 0 Å². The molecule has 0 aliphatic carbocycles. The minimum absolute atomic E-state index is 0.0412. The Hall–Kier alpha value is -2.17. The quantitative estimate of drug-likeness (QED) is 0.656. The van der Waals surface area contributed by atoms with Crippen LogP contribution in [0.5, 0.6) is 0 Å². The van der Waals surface area contributed by atoms with Crippen LogP contribution >= 0.6 is 0 Å². The van der Waals surface area contributed by atoms with E-state index in [-0.39, 0.29) is 11.2 Å². The monoisotopic (exact) mass is 273 g/mol. The van der Waals surface area contributed by atoms with Gasteiger partial charge in [0, 0.05) is 28.9 Å². The standard InChI is InChI=1S/C15H19N3O2/c1-4-9-15(2,3)17-12-7-8-13(18(19)20)14-11(12)6-5-10-16-14/h5-8,10,17H,4,9H2,1-3H3. The molecule has 106 valence electrons. The summed E-state index contributed by atoms with van der Waals surface area (Å²) >= 11 is 0. The Bertz CT molecular complexity index is 638. The third-order valence-corrected chi connectivity index (χ3v) is 3.29. The number of benzene rings is 1. The number of nitro benzene ring substituents is 1. The second-order valence-electron chi connectivity index (χ2n) is 5.55. The summed E-state index contributed by atoms with van der Waals surface area (Å²) in [5.74, 6) is 0. The lowest BCUT2D eigenvalue weighted by molar-refractivity contribution is -0.383. The molecule has 2 aromatic rings. The Morgan fingerprint density at radius 3 is 2.75 bits per heavy atom. The van der Waals surface area contributed by atoms with E-state index in [9.17, 15) is 10.1 Å². The molecule has 0 spiro atoms. The number of nitrogens with zero attached hydrogens (tertiary/aromatic N) is 2. The van der Waals surface area contributed by atoms with Crippen LogP contribution < -0.4 is 5.32 Å². The number of hydrogen-bond donors (Lipinski definition) is 1. The number of hydrogen-bond acceptors (Lipinski definition) is 4. The van der Waals surface area contributed by atoms with Gasteiger partial charge >= 0.3 is 0 Å². The molecule has 1 aromatic carbocycles. The number of pyridine rings is 1. The maximum absolute atomic E-state index is 11.1. The van der Waals surface area contributed by atoms with Gasteiger partial charge in [0.1, 0.15) is 5.52 Å². The molecule has 1 heterocycles. The van der Waals surface area contributed by atoms with Crippen molar-refractivity contribution < 1.29 is 4.92 Å². The van der Waals surface area contributed by atoms with Crippen molar-refractivity contribution in [3.63, 3.8) is 0 Å². The van der Waals surface area contributed by atoms with Crippen molar-refractivity contribution in [2.45, 2.75) is 39.2 Å². The first kappa shape index (κ1) is 14.2. The second kappa shape index (κ2) is 5.45. The third kappa shape index (κ3) is 2.87. The summed E-state index contributed by atoms with van der Waals surface area (Å²) in [6, 6.07) is 6.93. The van der Waals surface area contributed by atoms with E-state index in [0.717, 1.165) is 23.9 Å². The van der Waals surface area contributed by atoms with Gasteiger partial charge in [-0.15, -0.1) is 0 Å². The molecule has 0 aliphatic rings. The first-order valence-electron chi connectivity index (χ1n) is 6.75. The molecular formula is C15H19N3O2. The minimum Gasteiger partial charge on any atom is -0.380 e. The third-order valence-electron chi connectivity index (χ3n) is 3.29. The van der Waals surface area contributed by atoms with Crippen LogP contribution in [-0.2, 0) is 0 Å². The number of fused-ring (bicyclic) bond motifs is 1. The van der Waals surface area contributed by atoms with Crippen molar-refractivity contribution in [1.29, 1.82) is 0 Å². The predicted molar refractivity (Wildman–Crippen MR) is 81.0 cm³/mol. The lowest BCUT2D eigenvalue weighted by Gasteiger charge is -2.27. The van der Waals surface area contributed by atoms with Crippen LogP contribution in [0.4, 0.5) is 11.4 Å². The normalized spacial score (nSPS) is 11.6. The van der Waals surface area contributed by atoms with Gasteiger partial charge in [0.05, 0.1) is 4.92 Å². The fourth-order valence-corrected chi connectivity index (χ4v) is 2.47. The molecule has 0 bridgehead atoms. The van der Waals surface area contributed by atoms with Gasteiger partial charge in [-0.1, -0.05) is 13.3 Å². The van der Waals surface area contributed by atoms with Crippen LogP contribution in [0.15, 0.2) is 30.5 Å². The molecule has 5 nitrogen and oxygen atoms in total. The number of non-ortho nitro benzene ring substituents is 1. The Morgan fingerprint density at radius 2 is 2.10 bits per heavy atom. The molecule has 0 unspecified atom stereocenters. The zero-order chi connectivity index (χ0) is 14.8. The average molecular weight is 273 g/mol. The summed E-state index contributed by atoms with van der Waals surface area (Å²) in [6.07, 6.45) is 3.67. The molecule has 1 N–H and O–H groups in total. The van der Waals surface area contributed by atoms with E-state index >= 15 is 0 Å². The Morgan fingerprint density at radius 1 is 1.35 bits per heavy atom. The van der Waals surface area contributed by atoms with Gasteiger partial charge < -0.3 is 5.32 Å². The maximum Gasteiger partial charge on any atom is 0.295 e. The molecule has 0 aliphatic heterocycles. The molecule has 0 atom stereocenters. The van der Waals surface area contributed by atoms with E-state index in [1.165, 1.54) is 6.07 Å². The first-order valence-corrected chi connectivity index (χ1v) is 6.75. The molecule has 0 saturated carbocycles. The van der Waals surface area contributed by atoms with Crippen molar-refractivity contribution in [2.75, 3.05) is 5.32 Å². The zero-order valence-electron chi connectivity index (χ0n) is 12.0.